The Kier molecular flexibility index (Phi) is 5.58. The van der Waals surface area contributed by atoms with Gasteiger partial charge in [0.25, 0.3) is 0 Å². The molecule has 0 N–H and O–H groups in total. The monoisotopic (exact) mass is 284 g/mol. The van der Waals surface area contributed by atoms with E-state index >= 15 is 0 Å². The van der Waals surface area contributed by atoms with Gasteiger partial charge in [-0.25, -0.2) is 17.6 Å². The normalized spacial score (nSPS) is 9.40. The first kappa shape index (κ1) is 15.6. The average molecular weight is 284 g/mol. The van der Waals surface area contributed by atoms with Crippen LogP contribution in [0.5, 0.6) is 0 Å². The van der Waals surface area contributed by atoms with Crippen LogP contribution in [0, 0.1) is 23.3 Å². The molecule has 0 fully saturated rings. The van der Waals surface area contributed by atoms with E-state index in [1.54, 1.807) is 0 Å². The van der Waals surface area contributed by atoms with Gasteiger partial charge in [-0.3, -0.25) is 9.59 Å². The van der Waals surface area contributed by atoms with Gasteiger partial charge in [-0.05, 0) is 24.3 Å². The summed E-state index contributed by atoms with van der Waals surface area (Å²) >= 11 is 0. The largest absolute Gasteiger partial charge is 0.298 e. The molecule has 0 aliphatic carbocycles. The molecule has 0 radical (unpaired) electrons. The Morgan fingerprint density at radius 1 is 0.700 bits per heavy atom. The lowest BCUT2D eigenvalue weighted by Crippen LogP contribution is -1.91. The first-order valence-corrected chi connectivity index (χ1v) is 5.29. The summed E-state index contributed by atoms with van der Waals surface area (Å²) in [7, 11) is 0. The standard InChI is InChI=1S/2C7H4F2O/c8-6-2-1-3-7(9)5(6)4-10;8-6-3-1-2-5(4-10)7(6)9/h2*1-4H. The zero-order chi connectivity index (χ0) is 15.1. The minimum atomic E-state index is -1.09. The molecule has 0 saturated carbocycles. The van der Waals surface area contributed by atoms with Crippen LogP contribution >= 0.6 is 0 Å². The third-order valence-corrected chi connectivity index (χ3v) is 2.23. The molecule has 0 aliphatic heterocycles. The van der Waals surface area contributed by atoms with Crippen molar-refractivity contribution < 1.29 is 27.2 Å². The zero-order valence-corrected chi connectivity index (χ0v) is 9.95. The Balaban J connectivity index is 0.000000200. The van der Waals surface area contributed by atoms with Crippen molar-refractivity contribution in [2.45, 2.75) is 0 Å². The van der Waals surface area contributed by atoms with E-state index in [1.807, 2.05) is 0 Å². The van der Waals surface area contributed by atoms with E-state index in [9.17, 15) is 27.2 Å². The van der Waals surface area contributed by atoms with Gasteiger partial charge in [0.15, 0.2) is 24.2 Å². The fourth-order valence-corrected chi connectivity index (χ4v) is 1.23. The highest BCUT2D eigenvalue weighted by atomic mass is 19.2. The van der Waals surface area contributed by atoms with Crippen LogP contribution in [0.3, 0.4) is 0 Å². The van der Waals surface area contributed by atoms with Gasteiger partial charge in [0, 0.05) is 0 Å². The van der Waals surface area contributed by atoms with Crippen LogP contribution in [0.25, 0.3) is 0 Å². The summed E-state index contributed by atoms with van der Waals surface area (Å²) in [6, 6.07) is 6.73. The van der Waals surface area contributed by atoms with Crippen LogP contribution in [0.1, 0.15) is 20.7 Å². The highest BCUT2D eigenvalue weighted by Gasteiger charge is 2.05. The van der Waals surface area contributed by atoms with E-state index in [0.29, 0.717) is 0 Å². The molecule has 2 aromatic rings. The van der Waals surface area contributed by atoms with Crippen molar-refractivity contribution in [3.63, 3.8) is 0 Å². The van der Waals surface area contributed by atoms with Crippen molar-refractivity contribution in [3.05, 3.63) is 70.8 Å². The van der Waals surface area contributed by atoms with E-state index in [4.69, 9.17) is 0 Å². The predicted molar refractivity (Wildman–Crippen MR) is 63.5 cm³/mol. The molecule has 6 heteroatoms. The van der Waals surface area contributed by atoms with Gasteiger partial charge in [-0.15, -0.1) is 0 Å². The molecule has 0 amide bonds. The SMILES string of the molecule is O=Cc1c(F)cccc1F.O=Cc1cccc(F)c1F. The molecule has 2 nitrogen and oxygen atoms in total. The van der Waals surface area contributed by atoms with Crippen molar-refractivity contribution in [3.8, 4) is 0 Å². The van der Waals surface area contributed by atoms with E-state index in [1.165, 1.54) is 18.2 Å². The topological polar surface area (TPSA) is 34.1 Å². The van der Waals surface area contributed by atoms with Gasteiger partial charge in [-0.2, -0.15) is 0 Å². The van der Waals surface area contributed by atoms with E-state index in [2.05, 4.69) is 0 Å². The Morgan fingerprint density at radius 2 is 1.20 bits per heavy atom. The van der Waals surface area contributed by atoms with Crippen LogP contribution in [-0.2, 0) is 0 Å². The molecular formula is C14H8F4O2. The molecule has 2 aromatic carbocycles. The smallest absolute Gasteiger partial charge is 0.169 e. The highest BCUT2D eigenvalue weighted by molar-refractivity contribution is 5.75. The second-order valence-corrected chi connectivity index (χ2v) is 3.51. The molecule has 0 unspecified atom stereocenters. The Hall–Kier alpha value is -2.50. The van der Waals surface area contributed by atoms with Crippen molar-refractivity contribution in [2.75, 3.05) is 0 Å². The van der Waals surface area contributed by atoms with Crippen molar-refractivity contribution >= 4 is 12.6 Å². The maximum atomic E-state index is 12.4. The molecule has 0 atom stereocenters. The molecule has 104 valence electrons. The third kappa shape index (κ3) is 3.74. The molecule has 0 aromatic heterocycles. The molecule has 20 heavy (non-hydrogen) atoms. The van der Waals surface area contributed by atoms with Crippen molar-refractivity contribution in [1.82, 2.24) is 0 Å². The minimum absolute atomic E-state index is 0.157. The highest BCUT2D eigenvalue weighted by Crippen LogP contribution is 2.08. The predicted octanol–water partition coefficient (Wildman–Crippen LogP) is 3.55. The number of benzene rings is 2. The van der Waals surface area contributed by atoms with Gasteiger partial charge >= 0.3 is 0 Å². The number of hydrogen-bond donors (Lipinski definition) is 0. The quantitative estimate of drug-likeness (QED) is 0.624. The van der Waals surface area contributed by atoms with Crippen LogP contribution in [0.15, 0.2) is 36.4 Å². The lowest BCUT2D eigenvalue weighted by Gasteiger charge is -1.93. The number of carbonyl (C=O) groups excluding carboxylic acids is 2. The summed E-state index contributed by atoms with van der Waals surface area (Å²) < 4.78 is 49.4. The Bertz CT molecular complexity index is 606. The maximum absolute atomic E-state index is 12.4. The maximum Gasteiger partial charge on any atom is 0.169 e. The number of hydrogen-bond acceptors (Lipinski definition) is 2. The van der Waals surface area contributed by atoms with Crippen LogP contribution in [0.2, 0.25) is 0 Å². The average Bonchev–Trinajstić information content (AvgIpc) is 2.43. The number of carbonyl (C=O) groups is 2. The van der Waals surface area contributed by atoms with E-state index < -0.39 is 28.8 Å². The summed E-state index contributed by atoms with van der Waals surface area (Å²) in [6.45, 7) is 0. The van der Waals surface area contributed by atoms with E-state index in [0.717, 1.165) is 18.2 Å². The lowest BCUT2D eigenvalue weighted by molar-refractivity contribution is 0.110. The lowest BCUT2D eigenvalue weighted by atomic mass is 10.2. The molecule has 0 bridgehead atoms. The summed E-state index contributed by atoms with van der Waals surface area (Å²) in [5.74, 6) is -3.73. The van der Waals surface area contributed by atoms with Crippen LogP contribution < -0.4 is 0 Å². The Labute approximate surface area is 111 Å². The van der Waals surface area contributed by atoms with E-state index in [-0.39, 0.29) is 18.1 Å². The molecule has 0 heterocycles. The van der Waals surface area contributed by atoms with Gasteiger partial charge in [0.1, 0.15) is 11.6 Å². The van der Waals surface area contributed by atoms with Gasteiger partial charge < -0.3 is 0 Å². The van der Waals surface area contributed by atoms with Crippen molar-refractivity contribution in [1.29, 1.82) is 0 Å². The summed E-state index contributed by atoms with van der Waals surface area (Å²) in [5.41, 5.74) is -0.762. The second kappa shape index (κ2) is 7.18. The van der Waals surface area contributed by atoms with Crippen molar-refractivity contribution in [2.24, 2.45) is 0 Å². The third-order valence-electron chi connectivity index (χ3n) is 2.23. The first-order chi connectivity index (χ1) is 9.51. The second-order valence-electron chi connectivity index (χ2n) is 3.51. The molecular weight excluding hydrogens is 276 g/mol. The van der Waals surface area contributed by atoms with Gasteiger partial charge in [0.05, 0.1) is 11.1 Å². The summed E-state index contributed by atoms with van der Waals surface area (Å²) in [6.07, 6.45) is 0.434. The first-order valence-electron chi connectivity index (χ1n) is 5.29. The fourth-order valence-electron chi connectivity index (χ4n) is 1.23. The Morgan fingerprint density at radius 3 is 1.60 bits per heavy atom. The molecule has 0 aliphatic rings. The van der Waals surface area contributed by atoms with Crippen LogP contribution in [0.4, 0.5) is 17.6 Å². The number of rotatable bonds is 2. The fraction of sp³-hybridized carbons (Fsp3) is 0. The minimum Gasteiger partial charge on any atom is -0.298 e. The summed E-state index contributed by atoms with van der Waals surface area (Å²) in [5, 5.41) is 0. The molecule has 0 spiro atoms. The number of halogens is 4. The van der Waals surface area contributed by atoms with Crippen LogP contribution in [-0.4, -0.2) is 12.6 Å². The van der Waals surface area contributed by atoms with Gasteiger partial charge in [0.2, 0.25) is 0 Å². The van der Waals surface area contributed by atoms with Gasteiger partial charge in [-0.1, -0.05) is 12.1 Å². The number of aldehydes is 2. The zero-order valence-electron chi connectivity index (χ0n) is 9.95. The summed E-state index contributed by atoms with van der Waals surface area (Å²) in [4.78, 5) is 19.9. The molecule has 0 saturated heterocycles. The molecule has 2 rings (SSSR count).